The fraction of sp³-hybridized carbons (Fsp3) is 0.400. The van der Waals surface area contributed by atoms with Crippen LogP contribution in [0.15, 0.2) is 42.5 Å². The first kappa shape index (κ1) is 14.3. The van der Waals surface area contributed by atoms with Crippen molar-refractivity contribution in [3.05, 3.63) is 70.3 Å². The van der Waals surface area contributed by atoms with Crippen LogP contribution >= 0.6 is 0 Å². The third-order valence-electron chi connectivity index (χ3n) is 4.58. The summed E-state index contributed by atoms with van der Waals surface area (Å²) in [6.07, 6.45) is 4.23. The predicted octanol–water partition coefficient (Wildman–Crippen LogP) is 4.85. The van der Waals surface area contributed by atoms with E-state index < -0.39 is 6.10 Å². The molecule has 2 aromatic rings. The monoisotopic (exact) mass is 280 g/mol. The van der Waals surface area contributed by atoms with Crippen LogP contribution < -0.4 is 0 Å². The van der Waals surface area contributed by atoms with Crippen LogP contribution in [0.2, 0.25) is 0 Å². The van der Waals surface area contributed by atoms with Gasteiger partial charge in [-0.15, -0.1) is 0 Å². The Morgan fingerprint density at radius 2 is 1.76 bits per heavy atom. The fourth-order valence-corrected chi connectivity index (χ4v) is 3.29. The molecule has 0 aliphatic heterocycles. The number of aliphatic hydroxyl groups is 1. The molecule has 0 saturated heterocycles. The number of aryl methyl sites for hydroxylation is 2. The highest BCUT2D eigenvalue weighted by Gasteiger charge is 2.20. The third-order valence-corrected chi connectivity index (χ3v) is 4.58. The molecule has 1 aliphatic carbocycles. The summed E-state index contributed by atoms with van der Waals surface area (Å²) in [6, 6.07) is 15.1. The van der Waals surface area contributed by atoms with E-state index in [2.05, 4.69) is 56.3 Å². The molecule has 2 aromatic carbocycles. The van der Waals surface area contributed by atoms with Gasteiger partial charge in [-0.1, -0.05) is 60.0 Å². The van der Waals surface area contributed by atoms with Crippen LogP contribution in [0.5, 0.6) is 0 Å². The van der Waals surface area contributed by atoms with Gasteiger partial charge in [-0.3, -0.25) is 0 Å². The predicted molar refractivity (Wildman–Crippen MR) is 87.6 cm³/mol. The molecule has 3 rings (SSSR count). The standard InChI is InChI=1S/C20H24O/c1-14-9-15(2)11-16(10-14)12-20(21)19-8-4-7-18(13-19)17-5-3-6-17/h4,7-11,13,17,20-21H,3,5-6,12H2,1-2H3. The molecular weight excluding hydrogens is 256 g/mol. The van der Waals surface area contributed by atoms with Crippen molar-refractivity contribution in [2.24, 2.45) is 0 Å². The number of aliphatic hydroxyl groups excluding tert-OH is 1. The highest BCUT2D eigenvalue weighted by molar-refractivity contribution is 5.32. The minimum absolute atomic E-state index is 0.411. The first-order chi connectivity index (χ1) is 10.1. The van der Waals surface area contributed by atoms with Crippen LogP contribution in [0.1, 0.15) is 59.1 Å². The van der Waals surface area contributed by atoms with Gasteiger partial charge in [0.1, 0.15) is 0 Å². The zero-order valence-corrected chi connectivity index (χ0v) is 13.0. The van der Waals surface area contributed by atoms with Gasteiger partial charge in [-0.05, 0) is 49.3 Å². The fourth-order valence-electron chi connectivity index (χ4n) is 3.29. The summed E-state index contributed by atoms with van der Waals surface area (Å²) < 4.78 is 0. The number of hydrogen-bond acceptors (Lipinski definition) is 1. The lowest BCUT2D eigenvalue weighted by atomic mass is 9.79. The van der Waals surface area contributed by atoms with E-state index in [1.807, 2.05) is 0 Å². The van der Waals surface area contributed by atoms with Crippen LogP contribution in [0, 0.1) is 13.8 Å². The summed E-state index contributed by atoms with van der Waals surface area (Å²) >= 11 is 0. The maximum absolute atomic E-state index is 10.6. The molecule has 21 heavy (non-hydrogen) atoms. The van der Waals surface area contributed by atoms with Crippen molar-refractivity contribution in [1.29, 1.82) is 0 Å². The van der Waals surface area contributed by atoms with Crippen molar-refractivity contribution in [3.8, 4) is 0 Å². The Bertz CT molecular complexity index is 605. The summed E-state index contributed by atoms with van der Waals surface area (Å²) in [7, 11) is 0. The van der Waals surface area contributed by atoms with E-state index in [1.54, 1.807) is 0 Å². The molecule has 1 fully saturated rings. The molecule has 0 amide bonds. The van der Waals surface area contributed by atoms with Gasteiger partial charge >= 0.3 is 0 Å². The van der Waals surface area contributed by atoms with Gasteiger partial charge in [0.2, 0.25) is 0 Å². The summed E-state index contributed by atoms with van der Waals surface area (Å²) in [5.74, 6) is 0.721. The number of benzene rings is 2. The van der Waals surface area contributed by atoms with Crippen LogP contribution in [0.3, 0.4) is 0 Å². The minimum atomic E-state index is -0.411. The van der Waals surface area contributed by atoms with Crippen molar-refractivity contribution >= 4 is 0 Å². The molecule has 1 atom stereocenters. The Morgan fingerprint density at radius 1 is 1.05 bits per heavy atom. The Morgan fingerprint density at radius 3 is 2.38 bits per heavy atom. The lowest BCUT2D eigenvalue weighted by molar-refractivity contribution is 0.178. The van der Waals surface area contributed by atoms with Crippen LogP contribution in [-0.4, -0.2) is 5.11 Å². The zero-order valence-electron chi connectivity index (χ0n) is 13.0. The Balaban J connectivity index is 1.76. The largest absolute Gasteiger partial charge is 0.388 e. The molecule has 0 radical (unpaired) electrons. The molecule has 1 unspecified atom stereocenters. The van der Waals surface area contributed by atoms with E-state index >= 15 is 0 Å². The quantitative estimate of drug-likeness (QED) is 0.849. The zero-order chi connectivity index (χ0) is 14.8. The molecule has 0 spiro atoms. The normalized spacial score (nSPS) is 16.5. The molecule has 0 heterocycles. The summed E-state index contributed by atoms with van der Waals surface area (Å²) in [6.45, 7) is 4.22. The maximum atomic E-state index is 10.6. The van der Waals surface area contributed by atoms with Gasteiger partial charge in [0.25, 0.3) is 0 Å². The topological polar surface area (TPSA) is 20.2 Å². The number of rotatable bonds is 4. The summed E-state index contributed by atoms with van der Waals surface area (Å²) in [4.78, 5) is 0. The average molecular weight is 280 g/mol. The Kier molecular flexibility index (Phi) is 4.12. The smallest absolute Gasteiger partial charge is 0.0830 e. The molecule has 0 bridgehead atoms. The molecule has 1 N–H and O–H groups in total. The molecule has 1 nitrogen and oxygen atoms in total. The molecular formula is C20H24O. The summed E-state index contributed by atoms with van der Waals surface area (Å²) in [5, 5.41) is 10.6. The molecule has 0 aromatic heterocycles. The maximum Gasteiger partial charge on any atom is 0.0830 e. The molecule has 1 aliphatic rings. The van der Waals surface area contributed by atoms with Crippen LogP contribution in [-0.2, 0) is 6.42 Å². The van der Waals surface area contributed by atoms with Crippen LogP contribution in [0.25, 0.3) is 0 Å². The second-order valence-corrected chi connectivity index (χ2v) is 6.51. The van der Waals surface area contributed by atoms with Gasteiger partial charge in [0.05, 0.1) is 6.10 Å². The SMILES string of the molecule is Cc1cc(C)cc(CC(O)c2cccc(C3CCC3)c2)c1. The van der Waals surface area contributed by atoms with E-state index in [0.717, 1.165) is 11.5 Å². The van der Waals surface area contributed by atoms with E-state index in [1.165, 1.54) is 41.5 Å². The second kappa shape index (κ2) is 6.03. The van der Waals surface area contributed by atoms with Crippen molar-refractivity contribution < 1.29 is 5.11 Å². The highest BCUT2D eigenvalue weighted by Crippen LogP contribution is 2.37. The summed E-state index contributed by atoms with van der Waals surface area (Å²) in [5.41, 5.74) is 6.20. The van der Waals surface area contributed by atoms with Crippen molar-refractivity contribution in [2.45, 2.75) is 51.6 Å². The molecule has 1 saturated carbocycles. The minimum Gasteiger partial charge on any atom is -0.388 e. The van der Waals surface area contributed by atoms with E-state index in [4.69, 9.17) is 0 Å². The lowest BCUT2D eigenvalue weighted by Crippen LogP contribution is -2.10. The molecule has 1 heteroatoms. The van der Waals surface area contributed by atoms with Gasteiger partial charge < -0.3 is 5.11 Å². The average Bonchev–Trinajstić information content (AvgIpc) is 2.35. The molecule has 110 valence electrons. The van der Waals surface area contributed by atoms with Gasteiger partial charge in [0.15, 0.2) is 0 Å². The highest BCUT2D eigenvalue weighted by atomic mass is 16.3. The van der Waals surface area contributed by atoms with Crippen LogP contribution in [0.4, 0.5) is 0 Å². The second-order valence-electron chi connectivity index (χ2n) is 6.51. The van der Waals surface area contributed by atoms with Crippen molar-refractivity contribution in [3.63, 3.8) is 0 Å². The van der Waals surface area contributed by atoms with E-state index in [9.17, 15) is 5.11 Å². The van der Waals surface area contributed by atoms with E-state index in [0.29, 0.717) is 6.42 Å². The first-order valence-corrected chi connectivity index (χ1v) is 7.97. The van der Waals surface area contributed by atoms with Crippen molar-refractivity contribution in [2.75, 3.05) is 0 Å². The van der Waals surface area contributed by atoms with Gasteiger partial charge in [-0.2, -0.15) is 0 Å². The van der Waals surface area contributed by atoms with Gasteiger partial charge in [0, 0.05) is 6.42 Å². The lowest BCUT2D eigenvalue weighted by Gasteiger charge is -2.26. The third kappa shape index (κ3) is 3.36. The van der Waals surface area contributed by atoms with Gasteiger partial charge in [-0.25, -0.2) is 0 Å². The van der Waals surface area contributed by atoms with E-state index in [-0.39, 0.29) is 0 Å². The Hall–Kier alpha value is -1.60. The number of hydrogen-bond donors (Lipinski definition) is 1. The Labute approximate surface area is 127 Å². The van der Waals surface area contributed by atoms with Crippen molar-refractivity contribution in [1.82, 2.24) is 0 Å². The first-order valence-electron chi connectivity index (χ1n) is 7.97.